The number of ether oxygens (including phenoxy) is 1. The minimum atomic E-state index is 0.189. The predicted molar refractivity (Wildman–Crippen MR) is 78.0 cm³/mol. The van der Waals surface area contributed by atoms with Gasteiger partial charge in [-0.25, -0.2) is 0 Å². The number of hydrogen-bond donors (Lipinski definition) is 1. The smallest absolute Gasteiger partial charge is 0.0707 e. The quantitative estimate of drug-likeness (QED) is 0.791. The lowest BCUT2D eigenvalue weighted by atomic mass is 10.1. The Morgan fingerprint density at radius 1 is 1.28 bits per heavy atom. The largest absolute Gasteiger partial charge is 0.372 e. The topological polar surface area (TPSA) is 24.5 Å². The summed E-state index contributed by atoms with van der Waals surface area (Å²) >= 11 is 0. The highest BCUT2D eigenvalue weighted by molar-refractivity contribution is 4.81. The van der Waals surface area contributed by atoms with Gasteiger partial charge in [0, 0.05) is 24.7 Å². The molecule has 1 aliphatic rings. The highest BCUT2D eigenvalue weighted by Crippen LogP contribution is 2.21. The molecule has 0 amide bonds. The van der Waals surface area contributed by atoms with E-state index >= 15 is 0 Å². The fourth-order valence-corrected chi connectivity index (χ4v) is 2.30. The summed E-state index contributed by atoms with van der Waals surface area (Å²) in [5.41, 5.74) is 0.189. The summed E-state index contributed by atoms with van der Waals surface area (Å²) in [4.78, 5) is 2.42. The van der Waals surface area contributed by atoms with Crippen LogP contribution in [0, 0.1) is 0 Å². The molecule has 0 aromatic rings. The van der Waals surface area contributed by atoms with Gasteiger partial charge in [-0.05, 0) is 54.0 Å². The van der Waals surface area contributed by atoms with Crippen molar-refractivity contribution < 1.29 is 4.74 Å². The van der Waals surface area contributed by atoms with E-state index in [0.29, 0.717) is 18.2 Å². The van der Waals surface area contributed by atoms with E-state index in [4.69, 9.17) is 4.74 Å². The molecule has 0 spiro atoms. The third kappa shape index (κ3) is 5.68. The van der Waals surface area contributed by atoms with E-state index in [1.165, 1.54) is 19.3 Å². The normalized spacial score (nSPS) is 26.8. The second kappa shape index (κ2) is 6.88. The van der Waals surface area contributed by atoms with Gasteiger partial charge in [-0.15, -0.1) is 0 Å². The molecule has 1 rings (SSSR count). The molecule has 0 bridgehead atoms. The zero-order valence-electron chi connectivity index (χ0n) is 13.1. The van der Waals surface area contributed by atoms with E-state index < -0.39 is 0 Å². The first-order valence-electron chi connectivity index (χ1n) is 7.42. The second-order valence-electron chi connectivity index (χ2n) is 6.79. The lowest BCUT2D eigenvalue weighted by molar-refractivity contribution is 0.0192. The Bertz CT molecular complexity index is 237. The maximum atomic E-state index is 6.12. The summed E-state index contributed by atoms with van der Waals surface area (Å²) in [5, 5.41) is 3.53. The Balaban J connectivity index is 2.25. The van der Waals surface area contributed by atoms with Crippen LogP contribution in [0.3, 0.4) is 0 Å². The molecule has 1 saturated heterocycles. The van der Waals surface area contributed by atoms with Crippen molar-refractivity contribution in [3.05, 3.63) is 0 Å². The average molecular weight is 256 g/mol. The van der Waals surface area contributed by atoms with Crippen molar-refractivity contribution in [2.24, 2.45) is 0 Å². The van der Waals surface area contributed by atoms with Crippen molar-refractivity contribution in [1.82, 2.24) is 10.2 Å². The number of hydrogen-bond acceptors (Lipinski definition) is 3. The highest BCUT2D eigenvalue weighted by Gasteiger charge is 2.27. The molecule has 0 aromatic carbocycles. The molecule has 1 N–H and O–H groups in total. The van der Waals surface area contributed by atoms with Crippen LogP contribution in [-0.2, 0) is 4.74 Å². The zero-order chi connectivity index (χ0) is 13.8. The van der Waals surface area contributed by atoms with Crippen LogP contribution < -0.4 is 5.32 Å². The Morgan fingerprint density at radius 2 is 1.89 bits per heavy atom. The van der Waals surface area contributed by atoms with Crippen molar-refractivity contribution in [2.75, 3.05) is 20.1 Å². The summed E-state index contributed by atoms with van der Waals surface area (Å²) < 4.78 is 6.12. The van der Waals surface area contributed by atoms with Crippen molar-refractivity contribution in [3.8, 4) is 0 Å². The third-order valence-corrected chi connectivity index (χ3v) is 3.89. The van der Waals surface area contributed by atoms with Crippen molar-refractivity contribution in [1.29, 1.82) is 0 Å². The van der Waals surface area contributed by atoms with Gasteiger partial charge in [0.25, 0.3) is 0 Å². The molecular weight excluding hydrogens is 224 g/mol. The standard InChI is InChI=1S/C15H32N2O/c1-7-12(2)17(6)11-14-9-8-13(18-14)10-16-15(3,4)5/h12-14,16H,7-11H2,1-6H3. The summed E-state index contributed by atoms with van der Waals surface area (Å²) in [5.74, 6) is 0. The van der Waals surface area contributed by atoms with Gasteiger partial charge in [0.15, 0.2) is 0 Å². The molecule has 0 aromatic heterocycles. The van der Waals surface area contributed by atoms with E-state index in [0.717, 1.165) is 13.1 Å². The minimum Gasteiger partial charge on any atom is -0.372 e. The van der Waals surface area contributed by atoms with Gasteiger partial charge in [0.2, 0.25) is 0 Å². The van der Waals surface area contributed by atoms with E-state index in [-0.39, 0.29) is 5.54 Å². The Morgan fingerprint density at radius 3 is 2.44 bits per heavy atom. The SMILES string of the molecule is CCC(C)N(C)CC1CCC(CNC(C)(C)C)O1. The van der Waals surface area contributed by atoms with Gasteiger partial charge < -0.3 is 15.0 Å². The molecule has 3 nitrogen and oxygen atoms in total. The maximum Gasteiger partial charge on any atom is 0.0707 e. The van der Waals surface area contributed by atoms with E-state index in [9.17, 15) is 0 Å². The van der Waals surface area contributed by atoms with Crippen LogP contribution in [0.1, 0.15) is 53.9 Å². The molecule has 18 heavy (non-hydrogen) atoms. The minimum absolute atomic E-state index is 0.189. The first-order chi connectivity index (χ1) is 8.31. The van der Waals surface area contributed by atoms with Crippen molar-refractivity contribution >= 4 is 0 Å². The van der Waals surface area contributed by atoms with Crippen LogP contribution in [0.15, 0.2) is 0 Å². The fourth-order valence-electron chi connectivity index (χ4n) is 2.30. The fraction of sp³-hybridized carbons (Fsp3) is 1.00. The van der Waals surface area contributed by atoms with Crippen LogP contribution in [0.4, 0.5) is 0 Å². The van der Waals surface area contributed by atoms with Crippen LogP contribution in [0.5, 0.6) is 0 Å². The maximum absolute atomic E-state index is 6.12. The Hall–Kier alpha value is -0.120. The zero-order valence-corrected chi connectivity index (χ0v) is 13.1. The number of nitrogens with zero attached hydrogens (tertiary/aromatic N) is 1. The van der Waals surface area contributed by atoms with Gasteiger partial charge in [0.1, 0.15) is 0 Å². The first-order valence-corrected chi connectivity index (χ1v) is 7.42. The van der Waals surface area contributed by atoms with Gasteiger partial charge >= 0.3 is 0 Å². The molecule has 0 radical (unpaired) electrons. The van der Waals surface area contributed by atoms with E-state index in [1.807, 2.05) is 0 Å². The highest BCUT2D eigenvalue weighted by atomic mass is 16.5. The first kappa shape index (κ1) is 15.9. The van der Waals surface area contributed by atoms with Gasteiger partial charge in [0.05, 0.1) is 12.2 Å². The van der Waals surface area contributed by atoms with Crippen LogP contribution >= 0.6 is 0 Å². The summed E-state index contributed by atoms with van der Waals surface area (Å²) in [6, 6.07) is 0.653. The molecule has 1 aliphatic heterocycles. The molecule has 1 fully saturated rings. The van der Waals surface area contributed by atoms with Crippen LogP contribution in [-0.4, -0.2) is 48.8 Å². The van der Waals surface area contributed by atoms with Gasteiger partial charge in [-0.1, -0.05) is 6.92 Å². The molecule has 0 aliphatic carbocycles. The number of rotatable bonds is 6. The average Bonchev–Trinajstić information content (AvgIpc) is 2.72. The molecule has 1 heterocycles. The third-order valence-electron chi connectivity index (χ3n) is 3.89. The molecule has 3 atom stereocenters. The van der Waals surface area contributed by atoms with Crippen LogP contribution in [0.25, 0.3) is 0 Å². The van der Waals surface area contributed by atoms with E-state index in [2.05, 4.69) is 51.9 Å². The molecule has 0 saturated carbocycles. The van der Waals surface area contributed by atoms with Gasteiger partial charge in [-0.2, -0.15) is 0 Å². The lowest BCUT2D eigenvalue weighted by Gasteiger charge is -2.27. The monoisotopic (exact) mass is 256 g/mol. The van der Waals surface area contributed by atoms with Crippen molar-refractivity contribution in [2.45, 2.75) is 77.7 Å². The molecule has 108 valence electrons. The van der Waals surface area contributed by atoms with Crippen molar-refractivity contribution in [3.63, 3.8) is 0 Å². The number of nitrogens with one attached hydrogen (secondary N) is 1. The summed E-state index contributed by atoms with van der Waals surface area (Å²) in [7, 11) is 2.21. The predicted octanol–water partition coefficient (Wildman–Crippen LogP) is 2.65. The molecule has 3 unspecified atom stereocenters. The summed E-state index contributed by atoms with van der Waals surface area (Å²) in [6.45, 7) is 13.2. The summed E-state index contributed by atoms with van der Waals surface area (Å²) in [6.07, 6.45) is 4.44. The lowest BCUT2D eigenvalue weighted by Crippen LogP contribution is -2.41. The van der Waals surface area contributed by atoms with Crippen LogP contribution in [0.2, 0.25) is 0 Å². The molecular formula is C15H32N2O. The second-order valence-corrected chi connectivity index (χ2v) is 6.79. The van der Waals surface area contributed by atoms with E-state index in [1.54, 1.807) is 0 Å². The molecule has 3 heteroatoms. The Labute approximate surface area is 113 Å². The number of likely N-dealkylation sites (N-methyl/N-ethyl adjacent to an activating group) is 1. The Kier molecular flexibility index (Phi) is 6.09. The van der Waals surface area contributed by atoms with Gasteiger partial charge in [-0.3, -0.25) is 0 Å².